The van der Waals surface area contributed by atoms with Crippen molar-refractivity contribution in [2.75, 3.05) is 25.6 Å². The second-order valence-corrected chi connectivity index (χ2v) is 6.39. The highest BCUT2D eigenvalue weighted by Gasteiger charge is 2.37. The summed E-state index contributed by atoms with van der Waals surface area (Å²) in [6, 6.07) is 0.669. The Balaban J connectivity index is 2.59. The summed E-state index contributed by atoms with van der Waals surface area (Å²) in [5.74, 6) is 2.16. The van der Waals surface area contributed by atoms with Crippen LogP contribution in [0.4, 0.5) is 0 Å². The van der Waals surface area contributed by atoms with Crippen LogP contribution in [0.15, 0.2) is 0 Å². The fourth-order valence-corrected chi connectivity index (χ4v) is 3.30. The van der Waals surface area contributed by atoms with Gasteiger partial charge in [-0.25, -0.2) is 0 Å². The third kappa shape index (κ3) is 3.64. The van der Waals surface area contributed by atoms with E-state index in [0.717, 1.165) is 12.5 Å². The average Bonchev–Trinajstić information content (AvgIpc) is 3.08. The monoisotopic (exact) mass is 244 g/mol. The van der Waals surface area contributed by atoms with Crippen molar-refractivity contribution in [2.45, 2.75) is 51.1 Å². The fourth-order valence-electron chi connectivity index (χ4n) is 2.45. The third-order valence-corrected chi connectivity index (χ3v) is 4.81. The quantitative estimate of drug-likeness (QED) is 0.711. The Kier molecular flexibility index (Phi) is 5.62. The van der Waals surface area contributed by atoms with E-state index in [9.17, 15) is 0 Å². The van der Waals surface area contributed by atoms with Crippen molar-refractivity contribution in [3.8, 4) is 0 Å². The van der Waals surface area contributed by atoms with Gasteiger partial charge in [0.25, 0.3) is 0 Å². The van der Waals surface area contributed by atoms with Gasteiger partial charge >= 0.3 is 0 Å². The average molecular weight is 244 g/mol. The highest BCUT2D eigenvalue weighted by Crippen LogP contribution is 2.39. The highest BCUT2D eigenvalue weighted by molar-refractivity contribution is 7.98. The molecule has 1 rings (SSSR count). The summed E-state index contributed by atoms with van der Waals surface area (Å²) in [5, 5.41) is 0. The first kappa shape index (κ1) is 14.3. The van der Waals surface area contributed by atoms with Gasteiger partial charge in [-0.1, -0.05) is 19.8 Å². The molecule has 0 aromatic rings. The predicted molar refractivity (Wildman–Crippen MR) is 75.0 cm³/mol. The van der Waals surface area contributed by atoms with Crippen molar-refractivity contribution < 1.29 is 0 Å². The highest BCUT2D eigenvalue weighted by atomic mass is 32.2. The van der Waals surface area contributed by atoms with Crippen LogP contribution in [0.1, 0.15) is 39.5 Å². The molecule has 0 aromatic heterocycles. The molecule has 2 N–H and O–H groups in total. The van der Waals surface area contributed by atoms with Crippen molar-refractivity contribution in [3.63, 3.8) is 0 Å². The van der Waals surface area contributed by atoms with E-state index in [0.29, 0.717) is 6.04 Å². The Morgan fingerprint density at radius 1 is 1.50 bits per heavy atom. The molecule has 1 fully saturated rings. The molecule has 96 valence electrons. The molecule has 1 saturated carbocycles. The van der Waals surface area contributed by atoms with Crippen molar-refractivity contribution in [2.24, 2.45) is 11.7 Å². The smallest absolute Gasteiger partial charge is 0.0306 e. The minimum atomic E-state index is 0.206. The van der Waals surface area contributed by atoms with Crippen LogP contribution in [0.2, 0.25) is 0 Å². The molecule has 0 spiro atoms. The zero-order chi connectivity index (χ0) is 12.2. The molecular weight excluding hydrogens is 216 g/mol. The first-order valence-corrected chi connectivity index (χ1v) is 7.88. The molecule has 2 atom stereocenters. The molecule has 0 amide bonds. The van der Waals surface area contributed by atoms with Crippen LogP contribution >= 0.6 is 11.8 Å². The van der Waals surface area contributed by atoms with Crippen molar-refractivity contribution >= 4 is 11.8 Å². The Morgan fingerprint density at radius 2 is 2.12 bits per heavy atom. The summed E-state index contributed by atoms with van der Waals surface area (Å²) in [7, 11) is 2.26. The maximum Gasteiger partial charge on any atom is 0.0306 e. The summed E-state index contributed by atoms with van der Waals surface area (Å²) in [6.45, 7) is 5.41. The molecule has 0 saturated heterocycles. The summed E-state index contributed by atoms with van der Waals surface area (Å²) in [4.78, 5) is 2.54. The Hall–Kier alpha value is 0.270. The van der Waals surface area contributed by atoms with Crippen LogP contribution in [0.3, 0.4) is 0 Å². The zero-order valence-electron chi connectivity index (χ0n) is 11.3. The molecule has 0 radical (unpaired) electrons. The maximum absolute atomic E-state index is 6.02. The lowest BCUT2D eigenvalue weighted by Gasteiger charge is -2.43. The third-order valence-electron chi connectivity index (χ3n) is 4.09. The van der Waals surface area contributed by atoms with Crippen molar-refractivity contribution in [1.29, 1.82) is 0 Å². The zero-order valence-corrected chi connectivity index (χ0v) is 12.1. The van der Waals surface area contributed by atoms with E-state index in [2.05, 4.69) is 32.1 Å². The van der Waals surface area contributed by atoms with Crippen molar-refractivity contribution in [3.05, 3.63) is 0 Å². The Bertz CT molecular complexity index is 206. The number of rotatable bonds is 8. The van der Waals surface area contributed by atoms with Gasteiger partial charge in [-0.3, -0.25) is 4.90 Å². The normalized spacial score (nSPS) is 22.1. The van der Waals surface area contributed by atoms with Crippen LogP contribution in [-0.4, -0.2) is 42.1 Å². The van der Waals surface area contributed by atoms with E-state index in [1.54, 1.807) is 0 Å². The number of hydrogen-bond donors (Lipinski definition) is 1. The second-order valence-electron chi connectivity index (χ2n) is 5.48. The first-order valence-electron chi connectivity index (χ1n) is 6.49. The van der Waals surface area contributed by atoms with Gasteiger partial charge in [0.15, 0.2) is 0 Å². The lowest BCUT2D eigenvalue weighted by molar-refractivity contribution is 0.0869. The van der Waals surface area contributed by atoms with Crippen LogP contribution < -0.4 is 5.73 Å². The van der Waals surface area contributed by atoms with Crippen LogP contribution in [-0.2, 0) is 0 Å². The number of nitrogens with zero attached hydrogens (tertiary/aromatic N) is 1. The number of hydrogen-bond acceptors (Lipinski definition) is 3. The van der Waals surface area contributed by atoms with Gasteiger partial charge in [0.05, 0.1) is 0 Å². The van der Waals surface area contributed by atoms with Crippen LogP contribution in [0.5, 0.6) is 0 Å². The Morgan fingerprint density at radius 3 is 2.50 bits per heavy atom. The molecule has 16 heavy (non-hydrogen) atoms. The second kappa shape index (κ2) is 6.27. The summed E-state index contributed by atoms with van der Waals surface area (Å²) >= 11 is 1.94. The summed E-state index contributed by atoms with van der Waals surface area (Å²) < 4.78 is 0. The van der Waals surface area contributed by atoms with Gasteiger partial charge in [-0.2, -0.15) is 11.8 Å². The van der Waals surface area contributed by atoms with Gasteiger partial charge in [0, 0.05) is 23.9 Å². The topological polar surface area (TPSA) is 29.3 Å². The summed E-state index contributed by atoms with van der Waals surface area (Å²) in [5.41, 5.74) is 6.23. The summed E-state index contributed by atoms with van der Waals surface area (Å²) in [6.07, 6.45) is 7.53. The van der Waals surface area contributed by atoms with Crippen LogP contribution in [0.25, 0.3) is 0 Å². The molecule has 0 bridgehead atoms. The molecule has 0 aliphatic heterocycles. The minimum absolute atomic E-state index is 0.206. The largest absolute Gasteiger partial charge is 0.329 e. The lowest BCUT2D eigenvalue weighted by atomic mass is 9.91. The maximum atomic E-state index is 6.02. The van der Waals surface area contributed by atoms with Gasteiger partial charge in [-0.15, -0.1) is 0 Å². The molecule has 1 aliphatic carbocycles. The Labute approximate surface area is 105 Å². The van der Waals surface area contributed by atoms with E-state index in [4.69, 9.17) is 5.73 Å². The molecule has 3 heteroatoms. The molecule has 0 heterocycles. The molecule has 2 nitrogen and oxygen atoms in total. The fraction of sp³-hybridized carbons (Fsp3) is 1.00. The van der Waals surface area contributed by atoms with E-state index < -0.39 is 0 Å². The standard InChI is InChI=1S/C13H28N2S/c1-5-12(9-16-4)15(3)13(2,10-14)8-11-6-7-11/h11-12H,5-10,14H2,1-4H3. The predicted octanol–water partition coefficient (Wildman–Crippen LogP) is 2.58. The molecule has 2 unspecified atom stereocenters. The van der Waals surface area contributed by atoms with E-state index in [1.807, 2.05) is 11.8 Å². The number of nitrogens with two attached hydrogens (primary N) is 1. The molecule has 0 aromatic carbocycles. The van der Waals surface area contributed by atoms with Gasteiger partial charge in [0.1, 0.15) is 0 Å². The number of likely N-dealkylation sites (N-methyl/N-ethyl adjacent to an activating group) is 1. The van der Waals surface area contributed by atoms with E-state index >= 15 is 0 Å². The van der Waals surface area contributed by atoms with Gasteiger partial charge in [-0.05, 0) is 39.0 Å². The molecule has 1 aliphatic rings. The first-order chi connectivity index (χ1) is 7.57. The molecular formula is C13H28N2S. The lowest BCUT2D eigenvalue weighted by Crippen LogP contribution is -2.54. The number of thioether (sulfide) groups is 1. The minimum Gasteiger partial charge on any atom is -0.329 e. The van der Waals surface area contributed by atoms with E-state index in [-0.39, 0.29) is 5.54 Å². The van der Waals surface area contributed by atoms with Crippen LogP contribution in [0, 0.1) is 5.92 Å². The van der Waals surface area contributed by atoms with Crippen molar-refractivity contribution in [1.82, 2.24) is 4.90 Å². The SMILES string of the molecule is CCC(CSC)N(C)C(C)(CN)CC1CC1. The van der Waals surface area contributed by atoms with E-state index in [1.165, 1.54) is 31.4 Å². The van der Waals surface area contributed by atoms with Gasteiger partial charge < -0.3 is 5.73 Å². The van der Waals surface area contributed by atoms with Gasteiger partial charge in [0.2, 0.25) is 0 Å².